The number of methoxy groups -OCH3 is 1. The van der Waals surface area contributed by atoms with Crippen LogP contribution in [0.1, 0.15) is 38.3 Å². The number of hydrogen-bond donors (Lipinski definition) is 2. The number of nitrogens with two attached hydrogens (primary N) is 1. The standard InChI is InChI=1S/C30H33N5O4/c1-35(2)12-5-13-39-24-16-25(29(31)37)28-26(17-24)30(34-19-33-28)32-18-21-7-4-6-20(14-21)15-27(36)22-8-10-23(38-3)11-9-22/h4,6-11,14,16-17,19H,5,12-13,15,18H2,1-3H3,(H2,31,37)(H,32,33,34). The first kappa shape index (κ1) is 27.5. The van der Waals surface area contributed by atoms with Crippen LogP contribution in [0.2, 0.25) is 0 Å². The van der Waals surface area contributed by atoms with Gasteiger partial charge in [-0.3, -0.25) is 9.59 Å². The fourth-order valence-electron chi connectivity index (χ4n) is 4.22. The molecule has 0 aliphatic heterocycles. The fraction of sp³-hybridized carbons (Fsp3) is 0.267. The van der Waals surface area contributed by atoms with Crippen LogP contribution in [-0.2, 0) is 13.0 Å². The summed E-state index contributed by atoms with van der Waals surface area (Å²) in [5, 5.41) is 3.98. The Labute approximate surface area is 228 Å². The quantitative estimate of drug-likeness (QED) is 0.197. The molecule has 1 heterocycles. The summed E-state index contributed by atoms with van der Waals surface area (Å²) in [5.41, 5.74) is 8.92. The number of primary amides is 1. The molecule has 0 aliphatic carbocycles. The summed E-state index contributed by atoms with van der Waals surface area (Å²) in [4.78, 5) is 35.7. The minimum atomic E-state index is -0.586. The first-order valence-electron chi connectivity index (χ1n) is 12.7. The van der Waals surface area contributed by atoms with Gasteiger partial charge in [-0.15, -0.1) is 0 Å². The molecule has 3 aromatic carbocycles. The van der Waals surface area contributed by atoms with E-state index in [2.05, 4.69) is 20.2 Å². The lowest BCUT2D eigenvalue weighted by atomic mass is 10.0. The Morgan fingerprint density at radius 1 is 0.974 bits per heavy atom. The van der Waals surface area contributed by atoms with Crippen LogP contribution in [0.25, 0.3) is 10.9 Å². The van der Waals surface area contributed by atoms with E-state index in [1.54, 1.807) is 37.4 Å². The molecule has 4 aromatic rings. The molecule has 9 nitrogen and oxygen atoms in total. The van der Waals surface area contributed by atoms with E-state index in [4.69, 9.17) is 15.2 Å². The summed E-state index contributed by atoms with van der Waals surface area (Å²) in [6, 6.07) is 18.4. The van der Waals surface area contributed by atoms with Crippen LogP contribution < -0.4 is 20.5 Å². The van der Waals surface area contributed by atoms with Crippen molar-refractivity contribution < 1.29 is 19.1 Å². The molecule has 202 valence electrons. The third kappa shape index (κ3) is 7.30. The van der Waals surface area contributed by atoms with Crippen LogP contribution in [0, 0.1) is 0 Å². The van der Waals surface area contributed by atoms with E-state index >= 15 is 0 Å². The predicted molar refractivity (Wildman–Crippen MR) is 152 cm³/mol. The van der Waals surface area contributed by atoms with Gasteiger partial charge in [0.25, 0.3) is 5.91 Å². The number of anilines is 1. The van der Waals surface area contributed by atoms with Crippen LogP contribution >= 0.6 is 0 Å². The largest absolute Gasteiger partial charge is 0.497 e. The van der Waals surface area contributed by atoms with Gasteiger partial charge in [-0.05, 0) is 68.0 Å². The van der Waals surface area contributed by atoms with Gasteiger partial charge < -0.3 is 25.4 Å². The van der Waals surface area contributed by atoms with E-state index in [1.807, 2.05) is 44.4 Å². The fourth-order valence-corrected chi connectivity index (χ4v) is 4.22. The molecule has 0 spiro atoms. The van der Waals surface area contributed by atoms with Crippen LogP contribution in [0.5, 0.6) is 11.5 Å². The van der Waals surface area contributed by atoms with Crippen molar-refractivity contribution in [1.29, 1.82) is 0 Å². The topological polar surface area (TPSA) is 120 Å². The molecule has 0 atom stereocenters. The maximum absolute atomic E-state index is 12.8. The summed E-state index contributed by atoms with van der Waals surface area (Å²) >= 11 is 0. The van der Waals surface area contributed by atoms with E-state index in [1.165, 1.54) is 6.33 Å². The summed E-state index contributed by atoms with van der Waals surface area (Å²) in [6.07, 6.45) is 2.52. The number of rotatable bonds is 13. The van der Waals surface area contributed by atoms with Gasteiger partial charge in [0.2, 0.25) is 0 Å². The molecule has 0 unspecified atom stereocenters. The zero-order chi connectivity index (χ0) is 27.8. The minimum Gasteiger partial charge on any atom is -0.497 e. The SMILES string of the molecule is COc1ccc(C(=O)Cc2cccc(CNc3ncnc4c(C(N)=O)cc(OCCCN(C)C)cc34)c2)cc1. The number of fused-ring (bicyclic) bond motifs is 1. The van der Waals surface area contributed by atoms with Gasteiger partial charge in [0.1, 0.15) is 23.6 Å². The highest BCUT2D eigenvalue weighted by atomic mass is 16.5. The number of carbonyl (C=O) groups is 2. The number of carbonyl (C=O) groups excluding carboxylic acids is 2. The minimum absolute atomic E-state index is 0.0293. The van der Waals surface area contributed by atoms with Crippen LogP contribution in [0.4, 0.5) is 5.82 Å². The molecule has 9 heteroatoms. The van der Waals surface area contributed by atoms with Crippen LogP contribution in [0.3, 0.4) is 0 Å². The number of Topliss-reactive ketones (excluding diaryl/α,β-unsaturated/α-hetero) is 1. The average Bonchev–Trinajstić information content (AvgIpc) is 2.94. The van der Waals surface area contributed by atoms with Crippen LogP contribution in [-0.4, -0.2) is 60.9 Å². The molecule has 1 amide bonds. The Morgan fingerprint density at radius 2 is 1.74 bits per heavy atom. The monoisotopic (exact) mass is 527 g/mol. The van der Waals surface area contributed by atoms with Crippen LogP contribution in [0.15, 0.2) is 67.0 Å². The van der Waals surface area contributed by atoms with Gasteiger partial charge in [-0.25, -0.2) is 9.97 Å². The molecule has 0 aliphatic rings. The predicted octanol–water partition coefficient (Wildman–Crippen LogP) is 4.11. The Balaban J connectivity index is 1.49. The maximum atomic E-state index is 12.8. The molecular weight excluding hydrogens is 494 g/mol. The lowest BCUT2D eigenvalue weighted by Crippen LogP contribution is -2.16. The second kappa shape index (κ2) is 12.8. The van der Waals surface area contributed by atoms with Crippen molar-refractivity contribution in [2.24, 2.45) is 5.73 Å². The zero-order valence-electron chi connectivity index (χ0n) is 22.4. The van der Waals surface area contributed by atoms with E-state index in [9.17, 15) is 9.59 Å². The molecule has 0 radical (unpaired) electrons. The number of aromatic nitrogens is 2. The van der Waals surface area contributed by atoms with E-state index in [0.29, 0.717) is 46.9 Å². The number of hydrogen-bond acceptors (Lipinski definition) is 8. The summed E-state index contributed by atoms with van der Waals surface area (Å²) < 4.78 is 11.1. The molecule has 1 aromatic heterocycles. The lowest BCUT2D eigenvalue weighted by Gasteiger charge is -2.14. The third-order valence-corrected chi connectivity index (χ3v) is 6.22. The van der Waals surface area contributed by atoms with Gasteiger partial charge in [0, 0.05) is 30.5 Å². The van der Waals surface area contributed by atoms with E-state index < -0.39 is 5.91 Å². The molecule has 4 rings (SSSR count). The molecule has 0 fully saturated rings. The smallest absolute Gasteiger partial charge is 0.251 e. The molecule has 3 N–H and O–H groups in total. The Hall–Kier alpha value is -4.50. The molecule has 0 saturated heterocycles. The number of benzene rings is 3. The number of ether oxygens (including phenoxy) is 2. The Morgan fingerprint density at radius 3 is 2.46 bits per heavy atom. The van der Waals surface area contributed by atoms with Crippen molar-refractivity contribution in [1.82, 2.24) is 14.9 Å². The van der Waals surface area contributed by atoms with E-state index in [0.717, 1.165) is 24.1 Å². The summed E-state index contributed by atoms with van der Waals surface area (Å²) in [6.45, 7) is 1.84. The number of nitrogens with one attached hydrogen (secondary N) is 1. The number of nitrogens with zero attached hydrogens (tertiary/aromatic N) is 3. The van der Waals surface area contributed by atoms with Crippen molar-refractivity contribution in [2.75, 3.05) is 39.7 Å². The molecule has 0 saturated carbocycles. The number of amides is 1. The number of ketones is 1. The highest BCUT2D eigenvalue weighted by Crippen LogP contribution is 2.28. The van der Waals surface area contributed by atoms with Gasteiger partial charge in [0.05, 0.1) is 24.8 Å². The van der Waals surface area contributed by atoms with Gasteiger partial charge in [-0.1, -0.05) is 24.3 Å². The maximum Gasteiger partial charge on any atom is 0.251 e. The highest BCUT2D eigenvalue weighted by Gasteiger charge is 2.15. The Bertz CT molecular complexity index is 1450. The summed E-state index contributed by atoms with van der Waals surface area (Å²) in [7, 11) is 5.60. The highest BCUT2D eigenvalue weighted by molar-refractivity contribution is 6.07. The van der Waals surface area contributed by atoms with Crippen molar-refractivity contribution in [3.63, 3.8) is 0 Å². The van der Waals surface area contributed by atoms with E-state index in [-0.39, 0.29) is 17.8 Å². The lowest BCUT2D eigenvalue weighted by molar-refractivity contribution is 0.0987. The summed E-state index contributed by atoms with van der Waals surface area (Å²) in [5.74, 6) is 1.25. The second-order valence-electron chi connectivity index (χ2n) is 9.46. The second-order valence-corrected chi connectivity index (χ2v) is 9.46. The zero-order valence-corrected chi connectivity index (χ0v) is 22.4. The van der Waals surface area contributed by atoms with Crippen molar-refractivity contribution in [3.8, 4) is 11.5 Å². The van der Waals surface area contributed by atoms with Crippen molar-refractivity contribution in [2.45, 2.75) is 19.4 Å². The van der Waals surface area contributed by atoms with Gasteiger partial charge in [0.15, 0.2) is 5.78 Å². The average molecular weight is 528 g/mol. The first-order chi connectivity index (χ1) is 18.8. The van der Waals surface area contributed by atoms with Gasteiger partial charge >= 0.3 is 0 Å². The molecule has 0 bridgehead atoms. The third-order valence-electron chi connectivity index (χ3n) is 6.22. The Kier molecular flexibility index (Phi) is 9.06. The first-order valence-corrected chi connectivity index (χ1v) is 12.7. The van der Waals surface area contributed by atoms with Gasteiger partial charge in [-0.2, -0.15) is 0 Å². The molecule has 39 heavy (non-hydrogen) atoms. The molecular formula is C30H33N5O4. The van der Waals surface area contributed by atoms with Crippen molar-refractivity contribution in [3.05, 3.63) is 89.2 Å². The normalized spacial score (nSPS) is 11.0. The van der Waals surface area contributed by atoms with Crippen molar-refractivity contribution >= 4 is 28.4 Å².